The molecule has 2 N–H and O–H groups in total. The third-order valence-electron chi connectivity index (χ3n) is 5.19. The number of halogens is 7. The molecule has 38 heavy (non-hydrogen) atoms. The highest BCUT2D eigenvalue weighted by molar-refractivity contribution is 7.89. The number of benzene rings is 3. The van der Waals surface area contributed by atoms with Crippen LogP contribution >= 0.6 is 11.6 Å². The number of carbonyl (C=O) groups is 1. The van der Waals surface area contributed by atoms with Gasteiger partial charge in [-0.3, -0.25) is 4.79 Å². The summed E-state index contributed by atoms with van der Waals surface area (Å²) in [6, 6.07) is 10.4. The molecule has 1 atom stereocenters. The topological polar surface area (TPSA) is 84.5 Å². The van der Waals surface area contributed by atoms with Crippen molar-refractivity contribution in [3.8, 4) is 5.75 Å². The number of ether oxygens (including phenoxy) is 1. The lowest BCUT2D eigenvalue weighted by molar-refractivity contribution is -0.143. The molecule has 0 radical (unpaired) electrons. The number of sulfonamides is 1. The standard InChI is InChI=1S/C24H19ClF6N2O4S/c1-37-21-8-7-18(13-19(21)25)38(35,36)33-20(9-14-5-3-2-4-6-14)22(34)32-17-11-15(23(26,27)28)10-16(12-17)24(29,30)31/h2-8,10-13,20,33H,9H2,1H3,(H,32,34). The van der Waals surface area contributed by atoms with E-state index in [4.69, 9.17) is 16.3 Å². The van der Waals surface area contributed by atoms with Gasteiger partial charge in [0.15, 0.2) is 0 Å². The van der Waals surface area contributed by atoms with Gasteiger partial charge < -0.3 is 10.1 Å². The zero-order chi connectivity index (χ0) is 28.3. The van der Waals surface area contributed by atoms with E-state index in [0.717, 1.165) is 12.1 Å². The van der Waals surface area contributed by atoms with Crippen molar-refractivity contribution < 1.29 is 44.3 Å². The predicted molar refractivity (Wildman–Crippen MR) is 127 cm³/mol. The Morgan fingerprint density at radius 1 is 0.921 bits per heavy atom. The summed E-state index contributed by atoms with van der Waals surface area (Å²) in [4.78, 5) is 12.7. The minimum Gasteiger partial charge on any atom is -0.495 e. The second-order valence-corrected chi connectivity index (χ2v) is 10.1. The van der Waals surface area contributed by atoms with E-state index in [1.807, 2.05) is 5.32 Å². The highest BCUT2D eigenvalue weighted by atomic mass is 35.5. The Labute approximate surface area is 218 Å². The Balaban J connectivity index is 1.98. The number of carbonyl (C=O) groups excluding carboxylic acids is 1. The maximum atomic E-state index is 13.2. The summed E-state index contributed by atoms with van der Waals surface area (Å²) in [6.07, 6.45) is -10.6. The quantitative estimate of drug-likeness (QED) is 0.324. The van der Waals surface area contributed by atoms with Crippen LogP contribution in [0.15, 0.2) is 71.6 Å². The largest absolute Gasteiger partial charge is 0.495 e. The van der Waals surface area contributed by atoms with E-state index in [9.17, 15) is 39.6 Å². The number of rotatable bonds is 8. The SMILES string of the molecule is COc1ccc(S(=O)(=O)NC(Cc2ccccc2)C(=O)Nc2cc(C(F)(F)F)cc(C(F)(F)F)c2)cc1Cl. The van der Waals surface area contributed by atoms with Gasteiger partial charge in [-0.2, -0.15) is 31.1 Å². The van der Waals surface area contributed by atoms with Crippen LogP contribution < -0.4 is 14.8 Å². The van der Waals surface area contributed by atoms with Crippen LogP contribution in [0, 0.1) is 0 Å². The van der Waals surface area contributed by atoms with E-state index < -0.39 is 51.1 Å². The maximum absolute atomic E-state index is 13.2. The molecule has 0 fully saturated rings. The molecule has 3 aromatic rings. The lowest BCUT2D eigenvalue weighted by Gasteiger charge is -2.20. The fourth-order valence-electron chi connectivity index (χ4n) is 3.36. The Morgan fingerprint density at radius 3 is 2.00 bits per heavy atom. The van der Waals surface area contributed by atoms with Gasteiger partial charge in [-0.1, -0.05) is 41.9 Å². The van der Waals surface area contributed by atoms with Gasteiger partial charge in [0.25, 0.3) is 0 Å². The molecule has 0 aliphatic heterocycles. The normalized spacial score (nSPS) is 13.2. The van der Waals surface area contributed by atoms with Crippen molar-refractivity contribution in [2.45, 2.75) is 29.7 Å². The molecule has 0 bridgehead atoms. The van der Waals surface area contributed by atoms with Gasteiger partial charge >= 0.3 is 12.4 Å². The van der Waals surface area contributed by atoms with Crippen molar-refractivity contribution in [1.82, 2.24) is 4.72 Å². The lowest BCUT2D eigenvalue weighted by atomic mass is 10.1. The molecular weight excluding hydrogens is 562 g/mol. The van der Waals surface area contributed by atoms with Gasteiger partial charge in [0.2, 0.25) is 15.9 Å². The highest BCUT2D eigenvalue weighted by Gasteiger charge is 2.37. The molecule has 1 unspecified atom stereocenters. The molecule has 1 amide bonds. The van der Waals surface area contributed by atoms with Crippen LogP contribution in [-0.2, 0) is 33.6 Å². The molecule has 3 aromatic carbocycles. The van der Waals surface area contributed by atoms with Crippen molar-refractivity contribution in [2.24, 2.45) is 0 Å². The fourth-order valence-corrected chi connectivity index (χ4v) is 4.91. The second-order valence-electron chi connectivity index (χ2n) is 7.94. The number of methoxy groups -OCH3 is 1. The van der Waals surface area contributed by atoms with Crippen LogP contribution in [-0.4, -0.2) is 27.5 Å². The van der Waals surface area contributed by atoms with E-state index in [1.54, 1.807) is 30.3 Å². The zero-order valence-corrected chi connectivity index (χ0v) is 20.9. The molecule has 14 heteroatoms. The van der Waals surface area contributed by atoms with Gasteiger partial charge in [-0.15, -0.1) is 0 Å². The number of amides is 1. The van der Waals surface area contributed by atoms with Crippen molar-refractivity contribution in [3.63, 3.8) is 0 Å². The van der Waals surface area contributed by atoms with E-state index in [1.165, 1.54) is 13.2 Å². The Kier molecular flexibility index (Phi) is 8.64. The third-order valence-corrected chi connectivity index (χ3v) is 6.95. The first-order valence-electron chi connectivity index (χ1n) is 10.6. The van der Waals surface area contributed by atoms with Crippen LogP contribution in [0.25, 0.3) is 0 Å². The minimum absolute atomic E-state index is 0.0527. The number of hydrogen-bond donors (Lipinski definition) is 2. The van der Waals surface area contributed by atoms with Crippen molar-refractivity contribution in [2.75, 3.05) is 12.4 Å². The van der Waals surface area contributed by atoms with Crippen LogP contribution in [0.2, 0.25) is 5.02 Å². The molecule has 204 valence electrons. The molecular formula is C24H19ClF6N2O4S. The molecule has 0 saturated heterocycles. The molecule has 0 aliphatic carbocycles. The number of nitrogens with one attached hydrogen (secondary N) is 2. The lowest BCUT2D eigenvalue weighted by Crippen LogP contribution is -2.45. The van der Waals surface area contributed by atoms with Crippen molar-refractivity contribution >= 4 is 33.2 Å². The van der Waals surface area contributed by atoms with E-state index in [-0.39, 0.29) is 28.2 Å². The van der Waals surface area contributed by atoms with Crippen LogP contribution in [0.1, 0.15) is 16.7 Å². The van der Waals surface area contributed by atoms with Gasteiger partial charge in [0, 0.05) is 5.69 Å². The first-order valence-corrected chi connectivity index (χ1v) is 12.5. The van der Waals surface area contributed by atoms with Crippen molar-refractivity contribution in [1.29, 1.82) is 0 Å². The van der Waals surface area contributed by atoms with Gasteiger partial charge in [0.1, 0.15) is 11.8 Å². The van der Waals surface area contributed by atoms with Crippen LogP contribution in [0.3, 0.4) is 0 Å². The first-order chi connectivity index (χ1) is 17.6. The zero-order valence-electron chi connectivity index (χ0n) is 19.3. The molecule has 0 spiro atoms. The van der Waals surface area contributed by atoms with E-state index >= 15 is 0 Å². The number of hydrogen-bond acceptors (Lipinski definition) is 4. The Bertz CT molecular complexity index is 1380. The second kappa shape index (κ2) is 11.2. The summed E-state index contributed by atoms with van der Waals surface area (Å²) in [5, 5.41) is 1.93. The number of anilines is 1. The molecule has 0 heterocycles. The molecule has 3 rings (SSSR count). The first kappa shape index (κ1) is 29.3. The Morgan fingerprint density at radius 2 is 1.50 bits per heavy atom. The summed E-state index contributed by atoms with van der Waals surface area (Å²) in [5.41, 5.74) is -3.64. The summed E-state index contributed by atoms with van der Waals surface area (Å²) in [6.45, 7) is 0. The van der Waals surface area contributed by atoms with Gasteiger partial charge in [0.05, 0.1) is 28.2 Å². The molecule has 0 aliphatic rings. The fraction of sp³-hybridized carbons (Fsp3) is 0.208. The summed E-state index contributed by atoms with van der Waals surface area (Å²) >= 11 is 5.99. The predicted octanol–water partition coefficient (Wildman–Crippen LogP) is 5.91. The summed E-state index contributed by atoms with van der Waals surface area (Å²) < 4.78 is 113. The maximum Gasteiger partial charge on any atom is 0.416 e. The van der Waals surface area contributed by atoms with Crippen molar-refractivity contribution in [3.05, 3.63) is 88.4 Å². The van der Waals surface area contributed by atoms with Gasteiger partial charge in [-0.05, 0) is 48.4 Å². The highest BCUT2D eigenvalue weighted by Crippen LogP contribution is 2.37. The van der Waals surface area contributed by atoms with E-state index in [0.29, 0.717) is 17.7 Å². The smallest absolute Gasteiger partial charge is 0.416 e. The third kappa shape index (κ3) is 7.39. The monoisotopic (exact) mass is 580 g/mol. The number of alkyl halides is 6. The minimum atomic E-state index is -5.14. The molecule has 0 aromatic heterocycles. The molecule has 0 saturated carbocycles. The Hall–Kier alpha value is -3.29. The average molecular weight is 581 g/mol. The van der Waals surface area contributed by atoms with Crippen LogP contribution in [0.5, 0.6) is 5.75 Å². The average Bonchev–Trinajstić information content (AvgIpc) is 2.82. The van der Waals surface area contributed by atoms with Gasteiger partial charge in [-0.25, -0.2) is 8.42 Å². The van der Waals surface area contributed by atoms with E-state index in [2.05, 4.69) is 4.72 Å². The summed E-state index contributed by atoms with van der Waals surface area (Å²) in [5.74, 6) is -1.02. The van der Waals surface area contributed by atoms with Crippen LogP contribution in [0.4, 0.5) is 32.0 Å². The summed E-state index contributed by atoms with van der Waals surface area (Å²) in [7, 11) is -3.13. The molecule has 6 nitrogen and oxygen atoms in total.